The first kappa shape index (κ1) is 14.0. The van der Waals surface area contributed by atoms with Gasteiger partial charge in [0, 0.05) is 24.6 Å². The molecule has 0 aliphatic heterocycles. The van der Waals surface area contributed by atoms with Gasteiger partial charge in [0.05, 0.1) is 0 Å². The van der Waals surface area contributed by atoms with Crippen molar-refractivity contribution in [1.82, 2.24) is 4.90 Å². The van der Waals surface area contributed by atoms with E-state index in [2.05, 4.69) is 32.7 Å². The molecule has 0 amide bonds. The molecule has 1 N–H and O–H groups in total. The highest BCUT2D eigenvalue weighted by molar-refractivity contribution is 4.81. The fraction of sp³-hybridized carbons (Fsp3) is 1.00. The Kier molecular flexibility index (Phi) is 5.26. The summed E-state index contributed by atoms with van der Waals surface area (Å²) in [6.07, 6.45) is 6.82. The number of aliphatic hydroxyl groups is 1. The molecule has 96 valence electrons. The normalized spacial score (nSPS) is 27.4. The summed E-state index contributed by atoms with van der Waals surface area (Å²) in [5, 5.41) is 9.29. The predicted molar refractivity (Wildman–Crippen MR) is 69.5 cm³/mol. The quantitative estimate of drug-likeness (QED) is 0.780. The molecule has 0 aromatic heterocycles. The van der Waals surface area contributed by atoms with Crippen LogP contribution in [0, 0.1) is 11.3 Å². The van der Waals surface area contributed by atoms with Crippen molar-refractivity contribution >= 4 is 0 Å². The average Bonchev–Trinajstić information content (AvgIpc) is 2.28. The third-order valence-corrected chi connectivity index (χ3v) is 4.12. The number of nitrogens with zero attached hydrogens (tertiary/aromatic N) is 1. The Bertz CT molecular complexity index is 195. The first-order chi connectivity index (χ1) is 7.48. The van der Waals surface area contributed by atoms with Crippen molar-refractivity contribution in [3.8, 4) is 0 Å². The van der Waals surface area contributed by atoms with E-state index in [-0.39, 0.29) is 12.0 Å². The fourth-order valence-corrected chi connectivity index (χ4v) is 2.85. The summed E-state index contributed by atoms with van der Waals surface area (Å²) >= 11 is 0. The summed E-state index contributed by atoms with van der Waals surface area (Å²) in [4.78, 5) is 2.46. The van der Waals surface area contributed by atoms with Crippen LogP contribution in [-0.4, -0.2) is 36.2 Å². The lowest BCUT2D eigenvalue weighted by molar-refractivity contribution is 0.0766. The first-order valence-corrected chi connectivity index (χ1v) is 6.79. The monoisotopic (exact) mass is 227 g/mol. The first-order valence-electron chi connectivity index (χ1n) is 6.79. The van der Waals surface area contributed by atoms with Gasteiger partial charge in [-0.2, -0.15) is 0 Å². The molecule has 0 heterocycles. The van der Waals surface area contributed by atoms with Crippen LogP contribution in [0.4, 0.5) is 0 Å². The van der Waals surface area contributed by atoms with E-state index in [9.17, 15) is 5.11 Å². The summed E-state index contributed by atoms with van der Waals surface area (Å²) < 4.78 is 0. The van der Waals surface area contributed by atoms with E-state index < -0.39 is 0 Å². The second kappa shape index (κ2) is 6.02. The van der Waals surface area contributed by atoms with Gasteiger partial charge in [0.1, 0.15) is 0 Å². The van der Waals surface area contributed by atoms with Gasteiger partial charge in [-0.25, -0.2) is 0 Å². The zero-order valence-corrected chi connectivity index (χ0v) is 11.5. The van der Waals surface area contributed by atoms with Crippen molar-refractivity contribution < 1.29 is 5.11 Å². The van der Waals surface area contributed by atoms with Gasteiger partial charge in [0.25, 0.3) is 0 Å². The minimum absolute atomic E-state index is 0.0381. The Balaban J connectivity index is 2.36. The molecule has 1 aliphatic carbocycles. The minimum atomic E-state index is 0.0381. The molecule has 0 aromatic rings. The molecule has 0 saturated heterocycles. The van der Waals surface area contributed by atoms with Crippen LogP contribution in [0.25, 0.3) is 0 Å². The summed E-state index contributed by atoms with van der Waals surface area (Å²) in [6, 6.07) is 0.744. The number of hydrogen-bond acceptors (Lipinski definition) is 2. The molecule has 0 atom stereocenters. The van der Waals surface area contributed by atoms with Crippen molar-refractivity contribution in [2.24, 2.45) is 11.3 Å². The van der Waals surface area contributed by atoms with Crippen LogP contribution in [-0.2, 0) is 0 Å². The number of rotatable bonds is 5. The van der Waals surface area contributed by atoms with Gasteiger partial charge in [-0.15, -0.1) is 0 Å². The topological polar surface area (TPSA) is 23.5 Å². The second-order valence-electron chi connectivity index (χ2n) is 6.32. The van der Waals surface area contributed by atoms with Gasteiger partial charge in [-0.05, 0) is 38.6 Å². The van der Waals surface area contributed by atoms with E-state index in [4.69, 9.17) is 0 Å². The lowest BCUT2D eigenvalue weighted by Gasteiger charge is -2.38. The van der Waals surface area contributed by atoms with Crippen LogP contribution in [0.1, 0.15) is 52.9 Å². The molecule has 1 aliphatic rings. The van der Waals surface area contributed by atoms with Crippen LogP contribution in [0.5, 0.6) is 0 Å². The average molecular weight is 227 g/mol. The van der Waals surface area contributed by atoms with Gasteiger partial charge >= 0.3 is 0 Å². The maximum Gasteiger partial charge on any atom is 0.0494 e. The fourth-order valence-electron chi connectivity index (χ4n) is 2.85. The standard InChI is InChI=1S/C14H29NO/c1-5-12-6-8-13(9-7-12)15(4)10-14(2,3)11-16/h12-13,16H,5-11H2,1-4H3. The highest BCUT2D eigenvalue weighted by Gasteiger charge is 2.26. The molecule has 16 heavy (non-hydrogen) atoms. The molecule has 1 saturated carbocycles. The van der Waals surface area contributed by atoms with Gasteiger partial charge in [-0.1, -0.05) is 27.2 Å². The molecule has 0 radical (unpaired) electrons. The molecule has 0 spiro atoms. The minimum Gasteiger partial charge on any atom is -0.396 e. The van der Waals surface area contributed by atoms with E-state index in [0.717, 1.165) is 18.5 Å². The SMILES string of the molecule is CCC1CCC(N(C)CC(C)(C)CO)CC1. The third kappa shape index (κ3) is 4.06. The van der Waals surface area contributed by atoms with E-state index in [1.807, 2.05) is 0 Å². The molecule has 0 aromatic carbocycles. The van der Waals surface area contributed by atoms with Crippen molar-refractivity contribution in [3.63, 3.8) is 0 Å². The molecule has 1 rings (SSSR count). The van der Waals surface area contributed by atoms with Crippen molar-refractivity contribution in [2.75, 3.05) is 20.2 Å². The van der Waals surface area contributed by atoms with Crippen LogP contribution < -0.4 is 0 Å². The van der Waals surface area contributed by atoms with Crippen LogP contribution in [0.3, 0.4) is 0 Å². The zero-order chi connectivity index (χ0) is 12.2. The molecular weight excluding hydrogens is 198 g/mol. The van der Waals surface area contributed by atoms with Crippen LogP contribution in [0.2, 0.25) is 0 Å². The Morgan fingerprint density at radius 2 is 1.75 bits per heavy atom. The lowest BCUT2D eigenvalue weighted by atomic mass is 9.83. The smallest absolute Gasteiger partial charge is 0.0494 e. The van der Waals surface area contributed by atoms with Crippen molar-refractivity contribution in [3.05, 3.63) is 0 Å². The maximum absolute atomic E-state index is 9.29. The van der Waals surface area contributed by atoms with Crippen LogP contribution >= 0.6 is 0 Å². The zero-order valence-electron chi connectivity index (χ0n) is 11.5. The van der Waals surface area contributed by atoms with Gasteiger partial charge < -0.3 is 10.0 Å². The third-order valence-electron chi connectivity index (χ3n) is 4.12. The molecule has 2 heteroatoms. The number of hydrogen-bond donors (Lipinski definition) is 1. The Morgan fingerprint density at radius 3 is 2.19 bits per heavy atom. The summed E-state index contributed by atoms with van der Waals surface area (Å²) in [7, 11) is 2.22. The number of aliphatic hydroxyl groups excluding tert-OH is 1. The second-order valence-corrected chi connectivity index (χ2v) is 6.32. The van der Waals surface area contributed by atoms with E-state index in [1.165, 1.54) is 32.1 Å². The van der Waals surface area contributed by atoms with Gasteiger partial charge in [0.15, 0.2) is 0 Å². The molecular formula is C14H29NO. The Hall–Kier alpha value is -0.0800. The largest absolute Gasteiger partial charge is 0.396 e. The summed E-state index contributed by atoms with van der Waals surface area (Å²) in [6.45, 7) is 7.87. The van der Waals surface area contributed by atoms with Gasteiger partial charge in [-0.3, -0.25) is 0 Å². The highest BCUT2D eigenvalue weighted by Crippen LogP contribution is 2.30. The van der Waals surface area contributed by atoms with Gasteiger partial charge in [0.2, 0.25) is 0 Å². The highest BCUT2D eigenvalue weighted by atomic mass is 16.3. The Morgan fingerprint density at radius 1 is 1.19 bits per heavy atom. The molecule has 2 nitrogen and oxygen atoms in total. The van der Waals surface area contributed by atoms with E-state index >= 15 is 0 Å². The van der Waals surface area contributed by atoms with Crippen LogP contribution in [0.15, 0.2) is 0 Å². The van der Waals surface area contributed by atoms with Crippen molar-refractivity contribution in [1.29, 1.82) is 0 Å². The maximum atomic E-state index is 9.29. The predicted octanol–water partition coefficient (Wildman–Crippen LogP) is 2.91. The van der Waals surface area contributed by atoms with E-state index in [1.54, 1.807) is 0 Å². The lowest BCUT2D eigenvalue weighted by Crippen LogP contribution is -2.42. The summed E-state index contributed by atoms with van der Waals surface area (Å²) in [5.41, 5.74) is 0.0381. The molecule has 1 fully saturated rings. The molecule has 0 unspecified atom stereocenters. The van der Waals surface area contributed by atoms with E-state index in [0.29, 0.717) is 0 Å². The Labute approximate surface area is 101 Å². The van der Waals surface area contributed by atoms with Crippen molar-refractivity contribution in [2.45, 2.75) is 58.9 Å². The summed E-state index contributed by atoms with van der Waals surface area (Å²) in [5.74, 6) is 0.968. The molecule has 0 bridgehead atoms.